The van der Waals surface area contributed by atoms with Crippen LogP contribution in [0.4, 0.5) is 0 Å². The van der Waals surface area contributed by atoms with Crippen molar-refractivity contribution >= 4 is 11.6 Å². The van der Waals surface area contributed by atoms with Crippen molar-refractivity contribution < 1.29 is 4.74 Å². The maximum Gasteiger partial charge on any atom is 0.0605 e. The number of ether oxygens (including phenoxy) is 1. The lowest BCUT2D eigenvalue weighted by Crippen LogP contribution is -2.49. The van der Waals surface area contributed by atoms with E-state index in [1.165, 1.54) is 38.5 Å². The summed E-state index contributed by atoms with van der Waals surface area (Å²) in [6.07, 6.45) is 8.40. The van der Waals surface area contributed by atoms with E-state index in [1.807, 2.05) is 7.11 Å². The predicted octanol–water partition coefficient (Wildman–Crippen LogP) is 3.85. The van der Waals surface area contributed by atoms with E-state index in [-0.39, 0.29) is 0 Å². The second-order valence-corrected chi connectivity index (χ2v) is 5.94. The van der Waals surface area contributed by atoms with Gasteiger partial charge in [0, 0.05) is 13.0 Å². The molecule has 0 aromatic rings. The normalized spacial score (nSPS) is 46.2. The third kappa shape index (κ3) is 2.06. The van der Waals surface area contributed by atoms with E-state index in [1.54, 1.807) is 0 Å². The third-order valence-corrected chi connectivity index (χ3v) is 5.10. The van der Waals surface area contributed by atoms with Crippen molar-refractivity contribution in [3.63, 3.8) is 0 Å². The van der Waals surface area contributed by atoms with Crippen molar-refractivity contribution in [1.82, 2.24) is 0 Å². The minimum atomic E-state index is 0.419. The van der Waals surface area contributed by atoms with Gasteiger partial charge in [-0.15, -0.1) is 11.6 Å². The Bertz CT molecular complexity index is 211. The smallest absolute Gasteiger partial charge is 0.0605 e. The van der Waals surface area contributed by atoms with Crippen molar-refractivity contribution in [3.8, 4) is 0 Å². The molecule has 2 heteroatoms. The molecule has 0 amide bonds. The average molecular weight is 231 g/mol. The standard InChI is InChI=1S/C13H23ClO/c1-10-7-13(8-10,9-14)11-5-3-4-6-12(11)15-2/h10-12H,3-9H2,1-2H3. The lowest BCUT2D eigenvalue weighted by molar-refractivity contribution is -0.0821. The van der Waals surface area contributed by atoms with Gasteiger partial charge in [-0.05, 0) is 42.9 Å². The van der Waals surface area contributed by atoms with Crippen LogP contribution in [0, 0.1) is 17.3 Å². The van der Waals surface area contributed by atoms with Crippen LogP contribution in [-0.2, 0) is 4.74 Å². The molecule has 1 nitrogen and oxygen atoms in total. The summed E-state index contributed by atoms with van der Waals surface area (Å²) in [6, 6.07) is 0. The molecule has 2 aliphatic rings. The number of hydrogen-bond donors (Lipinski definition) is 0. The Balaban J connectivity index is 2.05. The first kappa shape index (κ1) is 11.7. The zero-order valence-electron chi connectivity index (χ0n) is 9.97. The molecule has 0 saturated heterocycles. The first-order chi connectivity index (χ1) is 7.22. The second-order valence-electron chi connectivity index (χ2n) is 5.67. The van der Waals surface area contributed by atoms with Gasteiger partial charge in [0.2, 0.25) is 0 Å². The zero-order chi connectivity index (χ0) is 10.9. The van der Waals surface area contributed by atoms with Crippen LogP contribution >= 0.6 is 11.6 Å². The summed E-state index contributed by atoms with van der Waals surface area (Å²) in [7, 11) is 1.87. The van der Waals surface area contributed by atoms with Gasteiger partial charge in [-0.3, -0.25) is 0 Å². The maximum atomic E-state index is 6.23. The fraction of sp³-hybridized carbons (Fsp3) is 1.00. The van der Waals surface area contributed by atoms with Crippen LogP contribution in [0.1, 0.15) is 45.4 Å². The van der Waals surface area contributed by atoms with E-state index in [0.29, 0.717) is 11.5 Å². The van der Waals surface area contributed by atoms with Gasteiger partial charge in [-0.25, -0.2) is 0 Å². The molecule has 0 radical (unpaired) electrons. The van der Waals surface area contributed by atoms with Gasteiger partial charge in [-0.2, -0.15) is 0 Å². The van der Waals surface area contributed by atoms with Crippen LogP contribution in [0.25, 0.3) is 0 Å². The lowest BCUT2D eigenvalue weighted by Gasteiger charge is -2.54. The van der Waals surface area contributed by atoms with Gasteiger partial charge in [0.05, 0.1) is 6.10 Å². The minimum Gasteiger partial charge on any atom is -0.381 e. The molecule has 15 heavy (non-hydrogen) atoms. The molecule has 2 saturated carbocycles. The van der Waals surface area contributed by atoms with Crippen molar-refractivity contribution in [2.75, 3.05) is 13.0 Å². The highest BCUT2D eigenvalue weighted by Crippen LogP contribution is 2.55. The van der Waals surface area contributed by atoms with Crippen molar-refractivity contribution in [3.05, 3.63) is 0 Å². The second kappa shape index (κ2) is 4.63. The molecule has 0 aliphatic heterocycles. The highest BCUT2D eigenvalue weighted by Gasteiger charge is 2.50. The summed E-state index contributed by atoms with van der Waals surface area (Å²) in [6.45, 7) is 2.34. The molecule has 0 aromatic heterocycles. The van der Waals surface area contributed by atoms with E-state index in [2.05, 4.69) is 6.92 Å². The molecule has 2 rings (SSSR count). The van der Waals surface area contributed by atoms with E-state index < -0.39 is 0 Å². The predicted molar refractivity (Wildman–Crippen MR) is 64.3 cm³/mol. The first-order valence-corrected chi connectivity index (χ1v) is 6.84. The van der Waals surface area contributed by atoms with Crippen LogP contribution in [0.15, 0.2) is 0 Å². The SMILES string of the molecule is COC1CCCCC1C1(CCl)CC(C)C1. The van der Waals surface area contributed by atoms with Crippen LogP contribution in [-0.4, -0.2) is 19.1 Å². The molecular weight excluding hydrogens is 208 g/mol. The topological polar surface area (TPSA) is 9.23 Å². The number of rotatable bonds is 3. The van der Waals surface area contributed by atoms with Gasteiger partial charge in [0.1, 0.15) is 0 Å². The summed E-state index contributed by atoms with van der Waals surface area (Å²) < 4.78 is 5.66. The highest BCUT2D eigenvalue weighted by molar-refractivity contribution is 6.18. The van der Waals surface area contributed by atoms with Crippen molar-refractivity contribution in [2.45, 2.75) is 51.6 Å². The maximum absolute atomic E-state index is 6.23. The van der Waals surface area contributed by atoms with E-state index in [9.17, 15) is 0 Å². The quantitative estimate of drug-likeness (QED) is 0.670. The summed E-state index contributed by atoms with van der Waals surface area (Å²) in [5.41, 5.74) is 0.419. The Hall–Kier alpha value is 0.250. The fourth-order valence-corrected chi connectivity index (χ4v) is 4.34. The molecule has 2 fully saturated rings. The van der Waals surface area contributed by atoms with Gasteiger partial charge >= 0.3 is 0 Å². The number of halogens is 1. The van der Waals surface area contributed by atoms with Gasteiger partial charge in [0.25, 0.3) is 0 Å². The molecule has 0 N–H and O–H groups in total. The number of hydrogen-bond acceptors (Lipinski definition) is 1. The molecule has 0 bridgehead atoms. The Morgan fingerprint density at radius 3 is 2.47 bits per heavy atom. The summed E-state index contributed by atoms with van der Waals surface area (Å²) in [4.78, 5) is 0. The average Bonchev–Trinajstić information content (AvgIpc) is 2.24. The van der Waals surface area contributed by atoms with E-state index >= 15 is 0 Å². The first-order valence-electron chi connectivity index (χ1n) is 6.30. The van der Waals surface area contributed by atoms with E-state index in [0.717, 1.165) is 17.7 Å². The number of methoxy groups -OCH3 is 1. The van der Waals surface area contributed by atoms with Crippen LogP contribution in [0.3, 0.4) is 0 Å². The molecule has 0 spiro atoms. The number of alkyl halides is 1. The van der Waals surface area contributed by atoms with Gasteiger partial charge in [-0.1, -0.05) is 19.8 Å². The van der Waals surface area contributed by atoms with Crippen molar-refractivity contribution in [2.24, 2.45) is 17.3 Å². The van der Waals surface area contributed by atoms with Crippen LogP contribution in [0.5, 0.6) is 0 Å². The third-order valence-electron chi connectivity index (χ3n) is 4.57. The summed E-state index contributed by atoms with van der Waals surface area (Å²) >= 11 is 6.23. The molecule has 88 valence electrons. The molecular formula is C13H23ClO. The molecule has 0 aromatic carbocycles. The van der Waals surface area contributed by atoms with Crippen molar-refractivity contribution in [1.29, 1.82) is 0 Å². The Labute approximate surface area is 98.5 Å². The largest absolute Gasteiger partial charge is 0.381 e. The highest BCUT2D eigenvalue weighted by atomic mass is 35.5. The Morgan fingerprint density at radius 2 is 1.93 bits per heavy atom. The Kier molecular flexibility index (Phi) is 3.62. The summed E-state index contributed by atoms with van der Waals surface area (Å²) in [5.74, 6) is 2.44. The van der Waals surface area contributed by atoms with Gasteiger partial charge in [0.15, 0.2) is 0 Å². The minimum absolute atomic E-state index is 0.419. The van der Waals surface area contributed by atoms with Crippen LogP contribution < -0.4 is 0 Å². The monoisotopic (exact) mass is 230 g/mol. The molecule has 2 aliphatic carbocycles. The van der Waals surface area contributed by atoms with Crippen LogP contribution in [0.2, 0.25) is 0 Å². The van der Waals surface area contributed by atoms with E-state index in [4.69, 9.17) is 16.3 Å². The molecule has 0 heterocycles. The molecule has 2 unspecified atom stereocenters. The van der Waals surface area contributed by atoms with Gasteiger partial charge < -0.3 is 4.74 Å². The Morgan fingerprint density at radius 1 is 1.27 bits per heavy atom. The fourth-order valence-electron chi connectivity index (χ4n) is 3.92. The molecule has 2 atom stereocenters. The lowest BCUT2D eigenvalue weighted by atomic mass is 9.54. The zero-order valence-corrected chi connectivity index (χ0v) is 10.7. The summed E-state index contributed by atoms with van der Waals surface area (Å²) in [5, 5.41) is 0.